The van der Waals surface area contributed by atoms with Gasteiger partial charge in [0.2, 0.25) is 0 Å². The summed E-state index contributed by atoms with van der Waals surface area (Å²) in [6.07, 6.45) is 0. The number of halogens is 1. The molecule has 1 aliphatic rings. The van der Waals surface area contributed by atoms with Crippen LogP contribution < -0.4 is 14.8 Å². The highest BCUT2D eigenvalue weighted by Crippen LogP contribution is 2.22. The van der Waals surface area contributed by atoms with Crippen molar-refractivity contribution in [3.05, 3.63) is 65.7 Å². The molecule has 3 nitrogen and oxygen atoms in total. The van der Waals surface area contributed by atoms with Crippen LogP contribution >= 0.6 is 11.6 Å². The summed E-state index contributed by atoms with van der Waals surface area (Å²) in [6, 6.07) is 20.9. The third-order valence-corrected chi connectivity index (χ3v) is 4.67. The van der Waals surface area contributed by atoms with Gasteiger partial charge in [-0.05, 0) is 30.3 Å². The number of nitrogens with one attached hydrogen (secondary N) is 1. The van der Waals surface area contributed by atoms with Gasteiger partial charge >= 0.3 is 0 Å². The Labute approximate surface area is 141 Å². The van der Waals surface area contributed by atoms with Gasteiger partial charge < -0.3 is 4.90 Å². The maximum Gasteiger partial charge on any atom is 0.274 e. The van der Waals surface area contributed by atoms with E-state index in [1.165, 1.54) is 22.4 Å². The second-order valence-electron chi connectivity index (χ2n) is 5.88. The molecule has 4 heteroatoms. The molecule has 3 aromatic rings. The molecule has 2 heterocycles. The number of hydrogen-bond acceptors (Lipinski definition) is 2. The molecule has 0 saturated carbocycles. The van der Waals surface area contributed by atoms with E-state index in [0.717, 1.165) is 31.2 Å². The average Bonchev–Trinajstić information content (AvgIpc) is 2.61. The third-order valence-electron chi connectivity index (χ3n) is 4.44. The van der Waals surface area contributed by atoms with Crippen molar-refractivity contribution >= 4 is 34.0 Å². The molecular formula is C19H19ClN3+. The normalized spacial score (nSPS) is 15.2. The Morgan fingerprint density at radius 1 is 0.783 bits per heavy atom. The Morgan fingerprint density at radius 2 is 1.57 bits per heavy atom. The predicted molar refractivity (Wildman–Crippen MR) is 96.4 cm³/mol. The lowest BCUT2D eigenvalue weighted by molar-refractivity contribution is -0.330. The first-order valence-corrected chi connectivity index (χ1v) is 8.34. The molecule has 4 rings (SSSR count). The Bertz CT molecular complexity index is 825. The quantitative estimate of drug-likeness (QED) is 0.717. The van der Waals surface area contributed by atoms with Crippen molar-refractivity contribution in [1.29, 1.82) is 0 Å². The number of benzene rings is 2. The summed E-state index contributed by atoms with van der Waals surface area (Å²) < 4.78 is 0. The number of fused-ring (bicyclic) bond motifs is 1. The minimum absolute atomic E-state index is 0.799. The number of pyridine rings is 1. The van der Waals surface area contributed by atoms with Gasteiger partial charge in [-0.2, -0.15) is 0 Å². The van der Waals surface area contributed by atoms with Gasteiger partial charge in [0.1, 0.15) is 18.6 Å². The molecule has 23 heavy (non-hydrogen) atoms. The second kappa shape index (κ2) is 6.09. The zero-order valence-electron chi connectivity index (χ0n) is 12.9. The molecule has 2 aromatic carbocycles. The summed E-state index contributed by atoms with van der Waals surface area (Å²) in [5.74, 6) is 1.19. The largest absolute Gasteiger partial charge is 0.364 e. The van der Waals surface area contributed by atoms with E-state index in [1.807, 2.05) is 18.2 Å². The molecule has 1 N–H and O–H groups in total. The van der Waals surface area contributed by atoms with E-state index < -0.39 is 0 Å². The topological polar surface area (TPSA) is 20.6 Å². The van der Waals surface area contributed by atoms with E-state index in [2.05, 4.69) is 57.2 Å². The molecule has 116 valence electrons. The van der Waals surface area contributed by atoms with E-state index in [4.69, 9.17) is 11.6 Å². The van der Waals surface area contributed by atoms with Crippen LogP contribution in [0.25, 0.3) is 10.9 Å². The Kier molecular flexibility index (Phi) is 3.80. The van der Waals surface area contributed by atoms with Crippen molar-refractivity contribution in [2.75, 3.05) is 36.0 Å². The van der Waals surface area contributed by atoms with Crippen LogP contribution in [0.4, 0.5) is 11.5 Å². The smallest absolute Gasteiger partial charge is 0.274 e. The number of anilines is 2. The summed E-state index contributed by atoms with van der Waals surface area (Å²) in [5.41, 5.74) is 2.39. The molecule has 1 aromatic heterocycles. The fourth-order valence-electron chi connectivity index (χ4n) is 3.17. The van der Waals surface area contributed by atoms with Gasteiger partial charge in [0.05, 0.1) is 13.1 Å². The van der Waals surface area contributed by atoms with Crippen molar-refractivity contribution in [2.24, 2.45) is 0 Å². The van der Waals surface area contributed by atoms with Gasteiger partial charge in [-0.25, -0.2) is 4.98 Å². The number of para-hydroxylation sites is 1. The fourth-order valence-corrected chi connectivity index (χ4v) is 3.35. The van der Waals surface area contributed by atoms with Crippen molar-refractivity contribution in [3.63, 3.8) is 0 Å². The van der Waals surface area contributed by atoms with Crippen LogP contribution in [-0.2, 0) is 0 Å². The highest BCUT2D eigenvalue weighted by atomic mass is 35.5. The molecule has 1 aliphatic heterocycles. The van der Waals surface area contributed by atoms with Crippen LogP contribution in [-0.4, -0.2) is 26.2 Å². The maximum absolute atomic E-state index is 6.10. The first kappa shape index (κ1) is 14.3. The van der Waals surface area contributed by atoms with Gasteiger partial charge in [-0.3, -0.25) is 4.90 Å². The molecular weight excluding hydrogens is 306 g/mol. The Balaban J connectivity index is 1.50. The van der Waals surface area contributed by atoms with E-state index in [0.29, 0.717) is 0 Å². The van der Waals surface area contributed by atoms with E-state index >= 15 is 0 Å². The lowest BCUT2D eigenvalue weighted by Gasteiger charge is -2.32. The number of hydrogen-bond donors (Lipinski definition) is 0. The van der Waals surface area contributed by atoms with Crippen LogP contribution in [0.3, 0.4) is 0 Å². The molecule has 0 spiro atoms. The van der Waals surface area contributed by atoms with Gasteiger partial charge in [-0.15, -0.1) is 0 Å². The van der Waals surface area contributed by atoms with Crippen LogP contribution in [0.2, 0.25) is 5.02 Å². The van der Waals surface area contributed by atoms with Gasteiger partial charge in [-0.1, -0.05) is 35.9 Å². The van der Waals surface area contributed by atoms with E-state index in [-0.39, 0.29) is 0 Å². The zero-order chi connectivity index (χ0) is 15.6. The molecule has 0 aliphatic carbocycles. The van der Waals surface area contributed by atoms with Gasteiger partial charge in [0.25, 0.3) is 5.82 Å². The van der Waals surface area contributed by atoms with Gasteiger partial charge in [0, 0.05) is 22.2 Å². The summed E-state index contributed by atoms with van der Waals surface area (Å²) in [5, 5.41) is 2.04. The van der Waals surface area contributed by atoms with Crippen LogP contribution in [0.5, 0.6) is 0 Å². The standard InChI is InChI=1S/C19H18ClN3/c20-16-5-3-6-17(14-16)22-10-12-23(13-11-22)19-9-8-15-4-1-2-7-18(15)21-19/h1-9,14H,10-13H2/p+1. The van der Waals surface area contributed by atoms with Crippen LogP contribution in [0, 0.1) is 0 Å². The second-order valence-corrected chi connectivity index (χ2v) is 6.32. The first-order valence-electron chi connectivity index (χ1n) is 7.96. The lowest BCUT2D eigenvalue weighted by atomic mass is 10.2. The van der Waals surface area contributed by atoms with Crippen molar-refractivity contribution in [1.82, 2.24) is 0 Å². The van der Waals surface area contributed by atoms with Crippen molar-refractivity contribution in [3.8, 4) is 0 Å². The highest BCUT2D eigenvalue weighted by Gasteiger charge is 2.23. The number of aromatic nitrogens is 1. The first-order chi connectivity index (χ1) is 11.3. The Morgan fingerprint density at radius 3 is 2.39 bits per heavy atom. The molecule has 0 atom stereocenters. The molecule has 0 bridgehead atoms. The number of piperazine rings is 1. The summed E-state index contributed by atoms with van der Waals surface area (Å²) in [6.45, 7) is 4.00. The predicted octanol–water partition coefficient (Wildman–Crippen LogP) is 3.63. The molecule has 1 fully saturated rings. The average molecular weight is 325 g/mol. The Hall–Kier alpha value is -2.26. The van der Waals surface area contributed by atoms with E-state index in [9.17, 15) is 0 Å². The highest BCUT2D eigenvalue weighted by molar-refractivity contribution is 6.30. The molecule has 0 radical (unpaired) electrons. The molecule has 0 amide bonds. The number of nitrogens with zero attached hydrogens (tertiary/aromatic N) is 2. The summed E-state index contributed by atoms with van der Waals surface area (Å²) in [7, 11) is 0. The van der Waals surface area contributed by atoms with Crippen molar-refractivity contribution in [2.45, 2.75) is 0 Å². The molecule has 1 saturated heterocycles. The minimum Gasteiger partial charge on any atom is -0.364 e. The van der Waals surface area contributed by atoms with Gasteiger partial charge in [0.15, 0.2) is 0 Å². The summed E-state index contributed by atoms with van der Waals surface area (Å²) in [4.78, 5) is 8.35. The van der Waals surface area contributed by atoms with E-state index in [1.54, 1.807) is 0 Å². The van der Waals surface area contributed by atoms with Crippen LogP contribution in [0.1, 0.15) is 0 Å². The maximum atomic E-state index is 6.10. The molecule has 0 unspecified atom stereocenters. The minimum atomic E-state index is 0.799. The number of aromatic amines is 1. The summed E-state index contributed by atoms with van der Waals surface area (Å²) >= 11 is 6.10. The number of H-pyrrole nitrogens is 1. The number of rotatable bonds is 2. The van der Waals surface area contributed by atoms with Crippen LogP contribution in [0.15, 0.2) is 60.7 Å². The zero-order valence-corrected chi connectivity index (χ0v) is 13.6. The monoisotopic (exact) mass is 324 g/mol. The lowest BCUT2D eigenvalue weighted by Crippen LogP contribution is -2.48. The fraction of sp³-hybridized carbons (Fsp3) is 0.211. The van der Waals surface area contributed by atoms with Crippen molar-refractivity contribution < 1.29 is 4.98 Å². The third kappa shape index (κ3) is 2.97. The SMILES string of the molecule is Clc1cccc(N2CCN(c3ccc4ccccc4[nH+]3)CC2)c1.